The van der Waals surface area contributed by atoms with Gasteiger partial charge in [0.05, 0.1) is 41.3 Å². The van der Waals surface area contributed by atoms with E-state index in [-0.39, 0.29) is 5.56 Å². The maximum Gasteiger partial charge on any atom is 0.262 e. The molecule has 4 aromatic rings. The molecule has 39 heavy (non-hydrogen) atoms. The summed E-state index contributed by atoms with van der Waals surface area (Å²) in [4.78, 5) is 30.3. The van der Waals surface area contributed by atoms with Crippen LogP contribution in [0.4, 0.5) is 5.82 Å². The fraction of sp³-hybridized carbons (Fsp3) is 0.400. The summed E-state index contributed by atoms with van der Waals surface area (Å²) >= 11 is 8.20. The van der Waals surface area contributed by atoms with Crippen molar-refractivity contribution in [3.05, 3.63) is 81.6 Å². The average Bonchev–Trinajstić information content (AvgIpc) is 3.60. The molecule has 7 rings (SSSR count). The van der Waals surface area contributed by atoms with Crippen LogP contribution in [-0.2, 0) is 24.1 Å². The molecule has 1 spiro atoms. The number of hydrogen-bond acceptors (Lipinski definition) is 7. The van der Waals surface area contributed by atoms with E-state index in [2.05, 4.69) is 39.1 Å². The molecule has 7 nitrogen and oxygen atoms in total. The second kappa shape index (κ2) is 10.2. The normalized spacial score (nSPS) is 20.1. The molecule has 9 heteroatoms. The summed E-state index contributed by atoms with van der Waals surface area (Å²) in [5, 5.41) is 1.60. The van der Waals surface area contributed by atoms with Gasteiger partial charge in [-0.1, -0.05) is 47.6 Å². The van der Waals surface area contributed by atoms with E-state index >= 15 is 0 Å². The third-order valence-corrected chi connectivity index (χ3v) is 10.1. The number of rotatable bonds is 5. The van der Waals surface area contributed by atoms with Crippen LogP contribution in [0.15, 0.2) is 69.8 Å². The highest BCUT2D eigenvalue weighted by Crippen LogP contribution is 2.45. The van der Waals surface area contributed by atoms with E-state index in [1.54, 1.807) is 17.1 Å². The van der Waals surface area contributed by atoms with E-state index < -0.39 is 0 Å². The van der Waals surface area contributed by atoms with Crippen LogP contribution in [0.3, 0.4) is 0 Å². The number of nitrogens with zero attached hydrogens (tertiary/aromatic N) is 5. The van der Waals surface area contributed by atoms with Gasteiger partial charge in [-0.3, -0.25) is 9.36 Å². The van der Waals surface area contributed by atoms with Crippen molar-refractivity contribution in [2.75, 3.05) is 31.2 Å². The molecule has 4 heterocycles. The zero-order valence-corrected chi connectivity index (χ0v) is 23.3. The van der Waals surface area contributed by atoms with Gasteiger partial charge in [0.15, 0.2) is 0 Å². The van der Waals surface area contributed by atoms with Crippen molar-refractivity contribution in [2.24, 2.45) is 11.3 Å². The maximum atomic E-state index is 13.3. The van der Waals surface area contributed by atoms with Gasteiger partial charge in [-0.05, 0) is 60.8 Å². The Morgan fingerprint density at radius 3 is 2.51 bits per heavy atom. The molecule has 2 aliphatic heterocycles. The van der Waals surface area contributed by atoms with Crippen molar-refractivity contribution in [3.63, 3.8) is 0 Å². The predicted octanol–water partition coefficient (Wildman–Crippen LogP) is 5.41. The monoisotopic (exact) mass is 559 g/mol. The van der Waals surface area contributed by atoms with E-state index in [0.29, 0.717) is 40.4 Å². The number of fused-ring (bicyclic) bond motifs is 2. The van der Waals surface area contributed by atoms with Crippen LogP contribution >= 0.6 is 23.4 Å². The van der Waals surface area contributed by atoms with Crippen molar-refractivity contribution < 1.29 is 4.74 Å². The van der Waals surface area contributed by atoms with Gasteiger partial charge < -0.3 is 9.64 Å². The van der Waals surface area contributed by atoms with Crippen molar-refractivity contribution in [1.82, 2.24) is 19.5 Å². The minimum Gasteiger partial charge on any atom is -0.381 e. The molecule has 2 saturated heterocycles. The van der Waals surface area contributed by atoms with Gasteiger partial charge in [-0.15, -0.1) is 0 Å². The van der Waals surface area contributed by atoms with Gasteiger partial charge in [0.2, 0.25) is 0 Å². The molecule has 1 unspecified atom stereocenters. The molecule has 200 valence electrons. The molecule has 0 N–H and O–H groups in total. The number of ether oxygens (including phenoxy) is 1. The molecule has 0 amide bonds. The van der Waals surface area contributed by atoms with Crippen LogP contribution in [-0.4, -0.2) is 45.8 Å². The van der Waals surface area contributed by atoms with Gasteiger partial charge >= 0.3 is 0 Å². The van der Waals surface area contributed by atoms with Gasteiger partial charge in [-0.2, -0.15) is 0 Å². The number of anilines is 1. The van der Waals surface area contributed by atoms with Crippen LogP contribution < -0.4 is 10.5 Å². The molecule has 1 atom stereocenters. The lowest BCUT2D eigenvalue weighted by Crippen LogP contribution is -2.41. The molecule has 0 bridgehead atoms. The minimum atomic E-state index is -0.117. The van der Waals surface area contributed by atoms with E-state index in [1.165, 1.54) is 48.6 Å². The van der Waals surface area contributed by atoms with Gasteiger partial charge in [0.1, 0.15) is 10.8 Å². The first-order valence-electron chi connectivity index (χ1n) is 13.6. The van der Waals surface area contributed by atoms with Crippen LogP contribution in [0.25, 0.3) is 10.9 Å². The summed E-state index contributed by atoms with van der Waals surface area (Å²) in [6, 6.07) is 12.6. The van der Waals surface area contributed by atoms with Gasteiger partial charge in [0, 0.05) is 37.1 Å². The summed E-state index contributed by atoms with van der Waals surface area (Å²) in [6.45, 7) is 4.01. The summed E-state index contributed by atoms with van der Waals surface area (Å²) in [5.74, 6) is 1.24. The summed E-state index contributed by atoms with van der Waals surface area (Å²) < 4.78 is 7.12. The highest BCUT2D eigenvalue weighted by molar-refractivity contribution is 7.99. The molecule has 0 radical (unpaired) electrons. The smallest absolute Gasteiger partial charge is 0.262 e. The molecule has 2 fully saturated rings. The Bertz CT molecular complexity index is 1550. The third-order valence-electron chi connectivity index (χ3n) is 8.60. The number of hydrogen-bond donors (Lipinski definition) is 0. The molecule has 0 saturated carbocycles. The van der Waals surface area contributed by atoms with E-state index in [1.807, 2.05) is 18.3 Å². The Hall–Kier alpha value is -2.94. The fourth-order valence-electron chi connectivity index (χ4n) is 6.37. The molecule has 3 aliphatic rings. The predicted molar refractivity (Wildman–Crippen MR) is 154 cm³/mol. The maximum absolute atomic E-state index is 13.3. The van der Waals surface area contributed by atoms with Crippen molar-refractivity contribution in [1.29, 1.82) is 0 Å². The first-order valence-corrected chi connectivity index (χ1v) is 14.8. The van der Waals surface area contributed by atoms with E-state index in [0.717, 1.165) is 41.9 Å². The number of aromatic nitrogens is 4. The van der Waals surface area contributed by atoms with Crippen molar-refractivity contribution in [2.45, 2.75) is 48.6 Å². The Kier molecular flexibility index (Phi) is 6.57. The highest BCUT2D eigenvalue weighted by Gasteiger charge is 2.39. The second-order valence-corrected chi connectivity index (χ2v) is 12.6. The molecule has 1 aliphatic carbocycles. The second-order valence-electron chi connectivity index (χ2n) is 11.1. The van der Waals surface area contributed by atoms with E-state index in [4.69, 9.17) is 21.3 Å². The fourth-order valence-corrected chi connectivity index (χ4v) is 7.50. The Balaban J connectivity index is 1.04. The highest BCUT2D eigenvalue weighted by atomic mass is 35.5. The van der Waals surface area contributed by atoms with Gasteiger partial charge in [0.25, 0.3) is 5.56 Å². The largest absolute Gasteiger partial charge is 0.381 e. The summed E-state index contributed by atoms with van der Waals surface area (Å²) in [5.41, 5.74) is 3.93. The number of piperidine rings is 1. The zero-order chi connectivity index (χ0) is 26.4. The Morgan fingerprint density at radius 1 is 1.03 bits per heavy atom. The quantitative estimate of drug-likeness (QED) is 0.323. The van der Waals surface area contributed by atoms with Crippen molar-refractivity contribution >= 4 is 40.1 Å². The first kappa shape index (κ1) is 25.1. The Morgan fingerprint density at radius 2 is 1.82 bits per heavy atom. The first-order chi connectivity index (χ1) is 19.1. The zero-order valence-electron chi connectivity index (χ0n) is 21.7. The number of halogens is 1. The minimum absolute atomic E-state index is 0.117. The third kappa shape index (κ3) is 4.83. The van der Waals surface area contributed by atoms with Crippen LogP contribution in [0, 0.1) is 11.3 Å². The van der Waals surface area contributed by atoms with Crippen LogP contribution in [0.5, 0.6) is 0 Å². The SMILES string of the molecule is O=c1c2c(Cl)c(Sc3cnc(N4CCC5(CC4)Cc4ccccc4C5)cn3)ccc2ncn1CC1CCOC1. The molecule has 2 aromatic carbocycles. The summed E-state index contributed by atoms with van der Waals surface area (Å²) in [6.07, 6.45) is 11.0. The van der Waals surface area contributed by atoms with E-state index in [9.17, 15) is 4.79 Å². The lowest BCUT2D eigenvalue weighted by Gasteiger charge is -2.39. The standard InChI is InChI=1S/C30H30ClN5O2S/c31-28-24(6-5-23-27(28)29(37)36(19-34-23)17-20-7-12-38-18-20)39-26-16-32-25(15-33-26)35-10-8-30(9-11-35)13-21-3-1-2-4-22(21)14-30/h1-6,15-16,19-20H,7-14,17-18H2. The van der Waals surface area contributed by atoms with Gasteiger partial charge in [-0.25, -0.2) is 15.0 Å². The lowest BCUT2D eigenvalue weighted by molar-refractivity contribution is 0.182. The molecule has 2 aromatic heterocycles. The number of benzene rings is 2. The average molecular weight is 560 g/mol. The molecular formula is C30H30ClN5O2S. The topological polar surface area (TPSA) is 73.1 Å². The lowest BCUT2D eigenvalue weighted by atomic mass is 9.76. The van der Waals surface area contributed by atoms with Crippen molar-refractivity contribution in [3.8, 4) is 0 Å². The Labute approximate surface area is 236 Å². The van der Waals surface area contributed by atoms with Crippen LogP contribution in [0.2, 0.25) is 5.02 Å². The molecular weight excluding hydrogens is 530 g/mol. The summed E-state index contributed by atoms with van der Waals surface area (Å²) in [7, 11) is 0. The van der Waals surface area contributed by atoms with Crippen LogP contribution in [0.1, 0.15) is 30.4 Å².